The van der Waals surface area contributed by atoms with Gasteiger partial charge in [-0.15, -0.1) is 0 Å². The van der Waals surface area contributed by atoms with Crippen LogP contribution in [0.25, 0.3) is 0 Å². The molecule has 1 aliphatic rings. The molecule has 1 aromatic rings. The van der Waals surface area contributed by atoms with Gasteiger partial charge in [-0.25, -0.2) is 8.42 Å². The molecule has 1 aromatic carbocycles. The lowest BCUT2D eigenvalue weighted by Gasteiger charge is -2.25. The highest BCUT2D eigenvalue weighted by atomic mass is 32.2. The first kappa shape index (κ1) is 18.8. The number of anilines is 1. The van der Waals surface area contributed by atoms with E-state index in [1.807, 2.05) is 26.0 Å². The van der Waals surface area contributed by atoms with E-state index in [-0.39, 0.29) is 24.9 Å². The molecule has 0 unspecified atom stereocenters. The fraction of sp³-hybridized carbons (Fsp3) is 0.611. The Bertz CT molecular complexity index is 680. The number of amides is 1. The summed E-state index contributed by atoms with van der Waals surface area (Å²) < 4.78 is 25.6. The summed E-state index contributed by atoms with van der Waals surface area (Å²) in [6, 6.07) is 5.81. The van der Waals surface area contributed by atoms with Gasteiger partial charge in [0.2, 0.25) is 15.9 Å². The van der Waals surface area contributed by atoms with E-state index >= 15 is 0 Å². The molecular formula is C18H28N2O3S. The number of hydrogen-bond donors (Lipinski definition) is 1. The minimum Gasteiger partial charge on any atom is -0.353 e. The SMILES string of the molecule is Cc1ccc(N(CCC(=O)NC2CCCCC2)S(C)(=O)=O)cc1C. The molecule has 1 amide bonds. The third kappa shape index (κ3) is 5.23. The zero-order valence-corrected chi connectivity index (χ0v) is 15.7. The first-order chi connectivity index (χ1) is 11.3. The minimum atomic E-state index is -3.42. The molecule has 1 aliphatic carbocycles. The van der Waals surface area contributed by atoms with Crippen molar-refractivity contribution in [2.45, 2.75) is 58.4 Å². The van der Waals surface area contributed by atoms with Crippen molar-refractivity contribution < 1.29 is 13.2 Å². The number of rotatable bonds is 6. The molecule has 0 heterocycles. The summed E-state index contributed by atoms with van der Waals surface area (Å²) in [4.78, 5) is 12.2. The maximum atomic E-state index is 12.2. The third-order valence-electron chi connectivity index (χ3n) is 4.69. The van der Waals surface area contributed by atoms with Gasteiger partial charge < -0.3 is 5.32 Å². The average molecular weight is 353 g/mol. The molecular weight excluding hydrogens is 324 g/mol. The van der Waals surface area contributed by atoms with Gasteiger partial charge in [-0.1, -0.05) is 25.3 Å². The molecule has 1 saturated carbocycles. The zero-order chi connectivity index (χ0) is 17.7. The van der Waals surface area contributed by atoms with Crippen LogP contribution in [0.3, 0.4) is 0 Å². The molecule has 0 saturated heterocycles. The monoisotopic (exact) mass is 352 g/mol. The van der Waals surface area contributed by atoms with Gasteiger partial charge in [0.05, 0.1) is 11.9 Å². The highest BCUT2D eigenvalue weighted by Gasteiger charge is 2.20. The van der Waals surface area contributed by atoms with Crippen LogP contribution in [0.4, 0.5) is 5.69 Å². The van der Waals surface area contributed by atoms with Crippen molar-refractivity contribution in [3.8, 4) is 0 Å². The highest BCUT2D eigenvalue weighted by molar-refractivity contribution is 7.92. The lowest BCUT2D eigenvalue weighted by molar-refractivity contribution is -0.121. The van der Waals surface area contributed by atoms with E-state index in [0.29, 0.717) is 5.69 Å². The van der Waals surface area contributed by atoms with Crippen LogP contribution >= 0.6 is 0 Å². The smallest absolute Gasteiger partial charge is 0.232 e. The molecule has 2 rings (SSSR count). The predicted molar refractivity (Wildman–Crippen MR) is 97.7 cm³/mol. The highest BCUT2D eigenvalue weighted by Crippen LogP contribution is 2.22. The summed E-state index contributed by atoms with van der Waals surface area (Å²) in [6.07, 6.45) is 6.96. The van der Waals surface area contributed by atoms with Crippen molar-refractivity contribution in [1.29, 1.82) is 0 Å². The molecule has 134 valence electrons. The van der Waals surface area contributed by atoms with Crippen molar-refractivity contribution in [3.63, 3.8) is 0 Å². The van der Waals surface area contributed by atoms with E-state index in [4.69, 9.17) is 0 Å². The lowest BCUT2D eigenvalue weighted by atomic mass is 9.95. The number of carbonyl (C=O) groups is 1. The third-order valence-corrected chi connectivity index (χ3v) is 5.89. The number of carbonyl (C=O) groups excluding carboxylic acids is 1. The molecule has 0 bridgehead atoms. The van der Waals surface area contributed by atoms with Gasteiger partial charge in [-0.2, -0.15) is 0 Å². The van der Waals surface area contributed by atoms with Gasteiger partial charge in [0, 0.05) is 19.0 Å². The van der Waals surface area contributed by atoms with Gasteiger partial charge >= 0.3 is 0 Å². The summed E-state index contributed by atoms with van der Waals surface area (Å²) >= 11 is 0. The average Bonchev–Trinajstić information content (AvgIpc) is 2.50. The zero-order valence-electron chi connectivity index (χ0n) is 14.8. The minimum absolute atomic E-state index is 0.0700. The van der Waals surface area contributed by atoms with Crippen LogP contribution in [0.15, 0.2) is 18.2 Å². The van der Waals surface area contributed by atoms with Crippen molar-refractivity contribution in [3.05, 3.63) is 29.3 Å². The Kier molecular flexibility index (Phi) is 6.27. The number of sulfonamides is 1. The van der Waals surface area contributed by atoms with E-state index in [1.54, 1.807) is 6.07 Å². The number of nitrogens with one attached hydrogen (secondary N) is 1. The van der Waals surface area contributed by atoms with E-state index in [2.05, 4.69) is 5.32 Å². The summed E-state index contributed by atoms with van der Waals surface area (Å²) in [5, 5.41) is 3.04. The molecule has 0 aromatic heterocycles. The molecule has 5 nitrogen and oxygen atoms in total. The number of hydrogen-bond acceptors (Lipinski definition) is 3. The maximum Gasteiger partial charge on any atom is 0.232 e. The Morgan fingerprint density at radius 1 is 1.17 bits per heavy atom. The molecule has 6 heteroatoms. The Labute approximate surface area is 145 Å². The van der Waals surface area contributed by atoms with Crippen molar-refractivity contribution in [2.75, 3.05) is 17.1 Å². The van der Waals surface area contributed by atoms with Crippen LogP contribution in [-0.4, -0.2) is 33.2 Å². The number of benzene rings is 1. The van der Waals surface area contributed by atoms with Crippen LogP contribution < -0.4 is 9.62 Å². The van der Waals surface area contributed by atoms with Crippen molar-refractivity contribution >= 4 is 21.6 Å². The predicted octanol–water partition coefficient (Wildman–Crippen LogP) is 2.91. The quantitative estimate of drug-likeness (QED) is 0.856. The standard InChI is InChI=1S/C18H28N2O3S/c1-14-9-10-17(13-15(14)2)20(24(3,22)23)12-11-18(21)19-16-7-5-4-6-8-16/h9-10,13,16H,4-8,11-12H2,1-3H3,(H,19,21). The fourth-order valence-electron chi connectivity index (χ4n) is 3.12. The van der Waals surface area contributed by atoms with Gasteiger partial charge in [0.25, 0.3) is 0 Å². The maximum absolute atomic E-state index is 12.2. The fourth-order valence-corrected chi connectivity index (χ4v) is 4.04. The van der Waals surface area contributed by atoms with Crippen LogP contribution in [0.5, 0.6) is 0 Å². The van der Waals surface area contributed by atoms with E-state index < -0.39 is 10.0 Å². The van der Waals surface area contributed by atoms with E-state index in [0.717, 1.165) is 36.8 Å². The largest absolute Gasteiger partial charge is 0.353 e. The molecule has 0 atom stereocenters. The first-order valence-corrected chi connectivity index (χ1v) is 10.5. The Morgan fingerprint density at radius 3 is 2.42 bits per heavy atom. The summed E-state index contributed by atoms with van der Waals surface area (Å²) in [6.45, 7) is 4.11. The molecule has 24 heavy (non-hydrogen) atoms. The molecule has 0 aliphatic heterocycles. The van der Waals surface area contributed by atoms with Crippen LogP contribution in [-0.2, 0) is 14.8 Å². The normalized spacial score (nSPS) is 16.0. The number of nitrogens with zero attached hydrogens (tertiary/aromatic N) is 1. The second-order valence-corrected chi connectivity index (χ2v) is 8.66. The van der Waals surface area contributed by atoms with Crippen molar-refractivity contribution in [1.82, 2.24) is 5.32 Å². The Balaban J connectivity index is 2.01. The van der Waals surface area contributed by atoms with Crippen LogP contribution in [0, 0.1) is 13.8 Å². The number of aryl methyl sites for hydroxylation is 2. The Hall–Kier alpha value is -1.56. The summed E-state index contributed by atoms with van der Waals surface area (Å²) in [7, 11) is -3.42. The van der Waals surface area contributed by atoms with Crippen LogP contribution in [0.2, 0.25) is 0 Å². The lowest BCUT2D eigenvalue weighted by Crippen LogP contribution is -2.39. The molecule has 1 N–H and O–H groups in total. The van der Waals surface area contributed by atoms with Gasteiger partial charge in [0.15, 0.2) is 0 Å². The first-order valence-electron chi connectivity index (χ1n) is 8.61. The summed E-state index contributed by atoms with van der Waals surface area (Å²) in [5.74, 6) is -0.0700. The van der Waals surface area contributed by atoms with Gasteiger partial charge in [0.1, 0.15) is 0 Å². The molecule has 1 fully saturated rings. The second-order valence-electron chi connectivity index (χ2n) is 6.76. The molecule has 0 radical (unpaired) electrons. The summed E-state index contributed by atoms with van der Waals surface area (Å²) in [5.41, 5.74) is 2.76. The topological polar surface area (TPSA) is 66.5 Å². The van der Waals surface area contributed by atoms with Crippen molar-refractivity contribution in [2.24, 2.45) is 0 Å². The Morgan fingerprint density at radius 2 is 1.83 bits per heavy atom. The van der Waals surface area contributed by atoms with Gasteiger partial charge in [-0.05, 0) is 49.9 Å². The van der Waals surface area contributed by atoms with E-state index in [1.165, 1.54) is 17.0 Å². The van der Waals surface area contributed by atoms with Gasteiger partial charge in [-0.3, -0.25) is 9.10 Å². The van der Waals surface area contributed by atoms with Crippen LogP contribution in [0.1, 0.15) is 49.7 Å². The second kappa shape index (κ2) is 8.01. The van der Waals surface area contributed by atoms with E-state index in [9.17, 15) is 13.2 Å². The molecule has 0 spiro atoms.